The van der Waals surface area contributed by atoms with Crippen LogP contribution in [-0.2, 0) is 14.0 Å². The van der Waals surface area contributed by atoms with E-state index >= 15 is 0 Å². The van der Waals surface area contributed by atoms with E-state index in [0.29, 0.717) is 18.4 Å². The number of aryl methyl sites for hydroxylation is 1. The Morgan fingerprint density at radius 2 is 1.78 bits per heavy atom. The minimum Gasteiger partial charge on any atom is -0.477 e. The van der Waals surface area contributed by atoms with Crippen LogP contribution in [0.1, 0.15) is 73.3 Å². The smallest absolute Gasteiger partial charge is 0.477 e. The molecule has 7 nitrogen and oxygen atoms in total. The molecule has 0 atom stereocenters. The van der Waals surface area contributed by atoms with Gasteiger partial charge in [-0.2, -0.15) is 0 Å². The summed E-state index contributed by atoms with van der Waals surface area (Å²) in [4.78, 5) is 18.5. The van der Waals surface area contributed by atoms with Crippen LogP contribution in [0.15, 0.2) is 12.3 Å². The average molecular weight is 446 g/mol. The second-order valence-corrected chi connectivity index (χ2v) is 11.0. The van der Waals surface area contributed by atoms with Gasteiger partial charge in [0.1, 0.15) is 5.60 Å². The third-order valence-electron chi connectivity index (χ3n) is 6.61. The fourth-order valence-electron chi connectivity index (χ4n) is 3.90. The molecule has 2 aliphatic rings. The molecule has 3 rings (SSSR count). The molecule has 1 amide bonds. The number of hydrogen-bond acceptors (Lipinski definition) is 6. The summed E-state index contributed by atoms with van der Waals surface area (Å²) in [6.45, 7) is 17.9. The number of piperidine rings is 1. The highest BCUT2D eigenvalue weighted by molar-refractivity contribution is 6.62. The van der Waals surface area contributed by atoms with E-state index in [2.05, 4.69) is 4.98 Å². The summed E-state index contributed by atoms with van der Waals surface area (Å²) in [6, 6.07) is 2.03. The zero-order chi connectivity index (χ0) is 23.7. The minimum atomic E-state index is -0.454. The molecule has 32 heavy (non-hydrogen) atoms. The van der Waals surface area contributed by atoms with E-state index in [1.807, 2.05) is 66.4 Å². The number of carbonyl (C=O) groups is 1. The summed E-state index contributed by atoms with van der Waals surface area (Å²) >= 11 is 0. The molecule has 0 aromatic carbocycles. The Morgan fingerprint density at radius 1 is 1.19 bits per heavy atom. The predicted octanol–water partition coefficient (Wildman–Crippen LogP) is 4.11. The second-order valence-electron chi connectivity index (χ2n) is 11.0. The summed E-state index contributed by atoms with van der Waals surface area (Å²) < 4.78 is 23.7. The first-order chi connectivity index (χ1) is 14.8. The first-order valence-corrected chi connectivity index (χ1v) is 11.7. The van der Waals surface area contributed by atoms with E-state index in [9.17, 15) is 4.79 Å². The number of hydrogen-bond donors (Lipinski definition) is 0. The number of aromatic nitrogens is 1. The predicted molar refractivity (Wildman–Crippen MR) is 125 cm³/mol. The first-order valence-electron chi connectivity index (χ1n) is 11.7. The van der Waals surface area contributed by atoms with E-state index in [4.69, 9.17) is 18.8 Å². The minimum absolute atomic E-state index is 0.214. The third kappa shape index (κ3) is 5.96. The normalized spacial score (nSPS) is 21.0. The number of nitrogens with zero attached hydrogens (tertiary/aromatic N) is 2. The molecule has 0 bridgehead atoms. The van der Waals surface area contributed by atoms with Crippen LogP contribution < -0.4 is 10.2 Å². The van der Waals surface area contributed by atoms with E-state index in [1.165, 1.54) is 0 Å². The van der Waals surface area contributed by atoms with Crippen molar-refractivity contribution in [3.05, 3.63) is 17.8 Å². The monoisotopic (exact) mass is 446 g/mol. The van der Waals surface area contributed by atoms with Crippen molar-refractivity contribution in [1.29, 1.82) is 0 Å². The first kappa shape index (κ1) is 24.8. The molecule has 2 aliphatic heterocycles. The molecule has 0 radical (unpaired) electrons. The lowest BCUT2D eigenvalue weighted by Crippen LogP contribution is -2.41. The summed E-state index contributed by atoms with van der Waals surface area (Å²) in [5.74, 6) is 1.19. The second kappa shape index (κ2) is 9.22. The zero-order valence-corrected chi connectivity index (χ0v) is 21.0. The highest BCUT2D eigenvalue weighted by Gasteiger charge is 2.51. The lowest BCUT2D eigenvalue weighted by atomic mass is 9.80. The highest BCUT2D eigenvalue weighted by atomic mass is 16.7. The van der Waals surface area contributed by atoms with Crippen LogP contribution in [0.5, 0.6) is 5.88 Å². The topological polar surface area (TPSA) is 70.1 Å². The molecule has 3 heterocycles. The standard InChI is InChI=1S/C24H39BN2O5/c1-17-15-19(25-31-23(5,6)24(7,8)32-25)16-26-20(17)29-14-11-18-9-12-27(13-10-18)21(28)30-22(2,3)4/h15-16,18H,9-14H2,1-8H3. The van der Waals surface area contributed by atoms with Crippen LogP contribution >= 0.6 is 0 Å². The maximum Gasteiger partial charge on any atom is 0.496 e. The van der Waals surface area contributed by atoms with Crippen LogP contribution in [-0.4, -0.2) is 59.6 Å². The van der Waals surface area contributed by atoms with Crippen LogP contribution in [0.2, 0.25) is 0 Å². The molecular formula is C24H39BN2O5. The Bertz CT molecular complexity index is 797. The van der Waals surface area contributed by atoms with Gasteiger partial charge in [-0.25, -0.2) is 9.78 Å². The molecular weight excluding hydrogens is 407 g/mol. The maximum atomic E-state index is 12.2. The molecule has 0 unspecified atom stereocenters. The number of likely N-dealkylation sites (tertiary alicyclic amines) is 1. The molecule has 0 N–H and O–H groups in total. The van der Waals surface area contributed by atoms with Crippen molar-refractivity contribution in [2.75, 3.05) is 19.7 Å². The Hall–Kier alpha value is -1.80. The fourth-order valence-corrected chi connectivity index (χ4v) is 3.90. The van der Waals surface area contributed by atoms with Gasteiger partial charge in [0, 0.05) is 30.3 Å². The Balaban J connectivity index is 1.45. The van der Waals surface area contributed by atoms with Crippen molar-refractivity contribution in [2.24, 2.45) is 5.92 Å². The van der Waals surface area contributed by atoms with Gasteiger partial charge < -0.3 is 23.7 Å². The molecule has 0 aliphatic carbocycles. The third-order valence-corrected chi connectivity index (χ3v) is 6.61. The lowest BCUT2D eigenvalue weighted by Gasteiger charge is -2.33. The Kier molecular flexibility index (Phi) is 7.15. The molecule has 2 fully saturated rings. The van der Waals surface area contributed by atoms with E-state index in [-0.39, 0.29) is 17.3 Å². The largest absolute Gasteiger partial charge is 0.496 e. The number of rotatable bonds is 5. The maximum absolute atomic E-state index is 12.2. The molecule has 0 spiro atoms. The Labute approximate surface area is 193 Å². The molecule has 1 aromatic heterocycles. The Morgan fingerprint density at radius 3 is 2.31 bits per heavy atom. The van der Waals surface area contributed by atoms with Gasteiger partial charge in [0.15, 0.2) is 0 Å². The van der Waals surface area contributed by atoms with Gasteiger partial charge >= 0.3 is 13.2 Å². The van der Waals surface area contributed by atoms with Gasteiger partial charge in [0.2, 0.25) is 5.88 Å². The van der Waals surface area contributed by atoms with Gasteiger partial charge in [0.25, 0.3) is 0 Å². The number of carbonyl (C=O) groups excluding carboxylic acids is 1. The highest BCUT2D eigenvalue weighted by Crippen LogP contribution is 2.36. The van der Waals surface area contributed by atoms with Gasteiger partial charge in [-0.3, -0.25) is 0 Å². The summed E-state index contributed by atoms with van der Waals surface area (Å²) in [5.41, 5.74) is 0.671. The van der Waals surface area contributed by atoms with E-state index < -0.39 is 12.7 Å². The van der Waals surface area contributed by atoms with Crippen molar-refractivity contribution >= 4 is 18.7 Å². The number of ether oxygens (including phenoxy) is 2. The van der Waals surface area contributed by atoms with Gasteiger partial charge in [-0.05, 0) is 80.6 Å². The summed E-state index contributed by atoms with van der Waals surface area (Å²) in [6.07, 6.45) is 4.45. The zero-order valence-electron chi connectivity index (χ0n) is 21.0. The molecule has 0 saturated carbocycles. The van der Waals surface area contributed by atoms with Crippen molar-refractivity contribution in [3.63, 3.8) is 0 Å². The van der Waals surface area contributed by atoms with Crippen LogP contribution in [0.3, 0.4) is 0 Å². The SMILES string of the molecule is Cc1cc(B2OC(C)(C)C(C)(C)O2)cnc1OCCC1CCN(C(=O)OC(C)(C)C)CC1. The van der Waals surface area contributed by atoms with Crippen LogP contribution in [0.25, 0.3) is 0 Å². The molecule has 8 heteroatoms. The molecule has 1 aromatic rings. The van der Waals surface area contributed by atoms with Crippen molar-refractivity contribution < 1.29 is 23.6 Å². The van der Waals surface area contributed by atoms with Crippen LogP contribution in [0.4, 0.5) is 4.79 Å². The van der Waals surface area contributed by atoms with E-state index in [1.54, 1.807) is 6.20 Å². The van der Waals surface area contributed by atoms with Crippen molar-refractivity contribution in [1.82, 2.24) is 9.88 Å². The van der Waals surface area contributed by atoms with Crippen LogP contribution in [0, 0.1) is 12.8 Å². The van der Waals surface area contributed by atoms with Gasteiger partial charge in [-0.15, -0.1) is 0 Å². The quantitative estimate of drug-likeness (QED) is 0.635. The number of pyridine rings is 1. The molecule has 178 valence electrons. The van der Waals surface area contributed by atoms with Gasteiger partial charge in [0.05, 0.1) is 17.8 Å². The van der Waals surface area contributed by atoms with E-state index in [0.717, 1.165) is 43.4 Å². The van der Waals surface area contributed by atoms with Crippen molar-refractivity contribution in [3.8, 4) is 5.88 Å². The van der Waals surface area contributed by atoms with Crippen molar-refractivity contribution in [2.45, 2.75) is 91.5 Å². The summed E-state index contributed by atoms with van der Waals surface area (Å²) in [7, 11) is -0.421. The molecule has 2 saturated heterocycles. The lowest BCUT2D eigenvalue weighted by molar-refractivity contribution is 0.00578. The average Bonchev–Trinajstić information content (AvgIpc) is 2.89. The summed E-state index contributed by atoms with van der Waals surface area (Å²) in [5, 5.41) is 0. The fraction of sp³-hybridized carbons (Fsp3) is 0.750. The number of amides is 1. The van der Waals surface area contributed by atoms with Gasteiger partial charge in [-0.1, -0.05) is 6.07 Å².